The van der Waals surface area contributed by atoms with Gasteiger partial charge in [-0.25, -0.2) is 0 Å². The van der Waals surface area contributed by atoms with Crippen molar-refractivity contribution in [2.24, 2.45) is 5.73 Å². The molecule has 102 valence electrons. The SMILES string of the molecule is CC(C)(N)CNCCc1cccc(C(F)(F)F)c1. The fourth-order valence-corrected chi connectivity index (χ4v) is 1.55. The minimum atomic E-state index is -4.28. The van der Waals surface area contributed by atoms with Gasteiger partial charge < -0.3 is 11.1 Å². The first-order valence-electron chi connectivity index (χ1n) is 5.84. The maximum Gasteiger partial charge on any atom is 0.416 e. The molecule has 0 spiro atoms. The second kappa shape index (κ2) is 5.71. The normalized spacial score (nSPS) is 12.8. The Labute approximate surface area is 105 Å². The molecule has 1 aromatic carbocycles. The molecule has 0 unspecified atom stereocenters. The van der Waals surface area contributed by atoms with Crippen molar-refractivity contribution in [3.63, 3.8) is 0 Å². The van der Waals surface area contributed by atoms with E-state index < -0.39 is 11.7 Å². The van der Waals surface area contributed by atoms with E-state index in [1.54, 1.807) is 6.07 Å². The molecule has 0 fully saturated rings. The van der Waals surface area contributed by atoms with Crippen molar-refractivity contribution in [2.45, 2.75) is 32.0 Å². The Morgan fingerprint density at radius 3 is 2.44 bits per heavy atom. The largest absolute Gasteiger partial charge is 0.416 e. The summed E-state index contributed by atoms with van der Waals surface area (Å²) in [5, 5.41) is 3.13. The lowest BCUT2D eigenvalue weighted by Crippen LogP contribution is -2.43. The molecule has 0 aromatic heterocycles. The summed E-state index contributed by atoms with van der Waals surface area (Å²) in [6.07, 6.45) is -3.72. The lowest BCUT2D eigenvalue weighted by Gasteiger charge is -2.19. The maximum atomic E-state index is 12.5. The van der Waals surface area contributed by atoms with Crippen LogP contribution in [0.3, 0.4) is 0 Å². The molecule has 0 aliphatic carbocycles. The van der Waals surface area contributed by atoms with Crippen molar-refractivity contribution in [1.29, 1.82) is 0 Å². The lowest BCUT2D eigenvalue weighted by atomic mass is 10.1. The molecule has 0 aliphatic rings. The number of halogens is 3. The number of benzene rings is 1. The summed E-state index contributed by atoms with van der Waals surface area (Å²) in [7, 11) is 0. The zero-order valence-corrected chi connectivity index (χ0v) is 10.6. The van der Waals surface area contributed by atoms with E-state index in [0.29, 0.717) is 25.1 Å². The third-order valence-electron chi connectivity index (χ3n) is 2.43. The minimum Gasteiger partial charge on any atom is -0.324 e. The third-order valence-corrected chi connectivity index (χ3v) is 2.43. The second-order valence-corrected chi connectivity index (χ2v) is 5.11. The van der Waals surface area contributed by atoms with Crippen molar-refractivity contribution in [3.05, 3.63) is 35.4 Å². The molecule has 2 nitrogen and oxygen atoms in total. The van der Waals surface area contributed by atoms with E-state index in [1.165, 1.54) is 12.1 Å². The van der Waals surface area contributed by atoms with Crippen molar-refractivity contribution >= 4 is 0 Å². The number of hydrogen-bond donors (Lipinski definition) is 2. The van der Waals surface area contributed by atoms with Crippen molar-refractivity contribution in [3.8, 4) is 0 Å². The van der Waals surface area contributed by atoms with Gasteiger partial charge in [0.05, 0.1) is 5.56 Å². The number of nitrogens with one attached hydrogen (secondary N) is 1. The predicted molar refractivity (Wildman–Crippen MR) is 66.3 cm³/mol. The molecule has 0 amide bonds. The monoisotopic (exact) mass is 260 g/mol. The summed E-state index contributed by atoms with van der Waals surface area (Å²) in [4.78, 5) is 0. The molecule has 0 atom stereocenters. The van der Waals surface area contributed by atoms with E-state index >= 15 is 0 Å². The fraction of sp³-hybridized carbons (Fsp3) is 0.538. The first kappa shape index (κ1) is 15.0. The standard InChI is InChI=1S/C13H19F3N2/c1-12(2,17)9-18-7-6-10-4-3-5-11(8-10)13(14,15)16/h3-5,8,18H,6-7,9,17H2,1-2H3. The molecule has 0 saturated heterocycles. The van der Waals surface area contributed by atoms with Gasteiger partial charge in [0.15, 0.2) is 0 Å². The Kier molecular flexibility index (Phi) is 4.76. The van der Waals surface area contributed by atoms with Gasteiger partial charge in [-0.2, -0.15) is 13.2 Å². The number of rotatable bonds is 5. The van der Waals surface area contributed by atoms with Crippen LogP contribution in [0.2, 0.25) is 0 Å². The number of alkyl halides is 3. The summed E-state index contributed by atoms with van der Waals surface area (Å²) >= 11 is 0. The zero-order valence-electron chi connectivity index (χ0n) is 10.6. The van der Waals surface area contributed by atoms with E-state index in [1.807, 2.05) is 13.8 Å². The molecule has 18 heavy (non-hydrogen) atoms. The Morgan fingerprint density at radius 2 is 1.89 bits per heavy atom. The van der Waals surface area contributed by atoms with Gasteiger partial charge in [-0.1, -0.05) is 18.2 Å². The fourth-order valence-electron chi connectivity index (χ4n) is 1.55. The van der Waals surface area contributed by atoms with Gasteiger partial charge in [0, 0.05) is 12.1 Å². The van der Waals surface area contributed by atoms with Crippen LogP contribution in [0.15, 0.2) is 24.3 Å². The van der Waals surface area contributed by atoms with Crippen LogP contribution in [-0.2, 0) is 12.6 Å². The van der Waals surface area contributed by atoms with Crippen LogP contribution < -0.4 is 11.1 Å². The average Bonchev–Trinajstić information content (AvgIpc) is 2.22. The Balaban J connectivity index is 2.49. The topological polar surface area (TPSA) is 38.0 Å². The molecule has 0 saturated carbocycles. The van der Waals surface area contributed by atoms with Gasteiger partial charge in [0.25, 0.3) is 0 Å². The van der Waals surface area contributed by atoms with Crippen molar-refractivity contribution in [2.75, 3.05) is 13.1 Å². The Morgan fingerprint density at radius 1 is 1.22 bits per heavy atom. The van der Waals surface area contributed by atoms with Crippen molar-refractivity contribution < 1.29 is 13.2 Å². The molecule has 0 aliphatic heterocycles. The van der Waals surface area contributed by atoms with Gasteiger partial charge in [-0.05, 0) is 38.4 Å². The van der Waals surface area contributed by atoms with Crippen LogP contribution in [0.4, 0.5) is 13.2 Å². The summed E-state index contributed by atoms with van der Waals surface area (Å²) in [6.45, 7) is 5.03. The van der Waals surface area contributed by atoms with Crippen molar-refractivity contribution in [1.82, 2.24) is 5.32 Å². The number of hydrogen-bond acceptors (Lipinski definition) is 2. The average molecular weight is 260 g/mol. The van der Waals surface area contributed by atoms with Crippen LogP contribution in [0, 0.1) is 0 Å². The molecular formula is C13H19F3N2. The summed E-state index contributed by atoms with van der Waals surface area (Å²) in [6, 6.07) is 5.41. The van der Waals surface area contributed by atoms with Gasteiger partial charge in [-0.15, -0.1) is 0 Å². The van der Waals surface area contributed by atoms with E-state index in [0.717, 1.165) is 6.07 Å². The first-order valence-corrected chi connectivity index (χ1v) is 5.84. The highest BCUT2D eigenvalue weighted by Crippen LogP contribution is 2.29. The molecule has 1 rings (SSSR count). The molecule has 1 aromatic rings. The van der Waals surface area contributed by atoms with Crippen LogP contribution in [0.1, 0.15) is 25.0 Å². The van der Waals surface area contributed by atoms with Crippen LogP contribution >= 0.6 is 0 Å². The summed E-state index contributed by atoms with van der Waals surface area (Å²) in [5.41, 5.74) is 5.55. The Bertz CT molecular complexity index is 381. The summed E-state index contributed by atoms with van der Waals surface area (Å²) < 4.78 is 37.4. The van der Waals surface area contributed by atoms with Crippen LogP contribution in [0.25, 0.3) is 0 Å². The predicted octanol–water partition coefficient (Wildman–Crippen LogP) is 2.57. The smallest absolute Gasteiger partial charge is 0.324 e. The second-order valence-electron chi connectivity index (χ2n) is 5.11. The quantitative estimate of drug-likeness (QED) is 0.799. The zero-order chi connectivity index (χ0) is 13.8. The molecule has 0 heterocycles. The molecule has 3 N–H and O–H groups in total. The van der Waals surface area contributed by atoms with Gasteiger partial charge >= 0.3 is 6.18 Å². The highest BCUT2D eigenvalue weighted by molar-refractivity contribution is 5.25. The van der Waals surface area contributed by atoms with E-state index in [2.05, 4.69) is 5.32 Å². The van der Waals surface area contributed by atoms with E-state index in [4.69, 9.17) is 5.73 Å². The molecule has 0 bridgehead atoms. The third kappa shape index (κ3) is 5.51. The highest BCUT2D eigenvalue weighted by atomic mass is 19.4. The van der Waals surface area contributed by atoms with E-state index in [9.17, 15) is 13.2 Å². The van der Waals surface area contributed by atoms with Gasteiger partial charge in [0.2, 0.25) is 0 Å². The number of nitrogens with two attached hydrogens (primary N) is 1. The molecule has 0 radical (unpaired) electrons. The maximum absolute atomic E-state index is 12.5. The molecular weight excluding hydrogens is 241 g/mol. The van der Waals surface area contributed by atoms with Gasteiger partial charge in [0.1, 0.15) is 0 Å². The highest BCUT2D eigenvalue weighted by Gasteiger charge is 2.30. The van der Waals surface area contributed by atoms with E-state index in [-0.39, 0.29) is 5.54 Å². The molecule has 5 heteroatoms. The lowest BCUT2D eigenvalue weighted by molar-refractivity contribution is -0.137. The Hall–Kier alpha value is -1.07. The first-order chi connectivity index (χ1) is 8.18. The van der Waals surface area contributed by atoms with Crippen LogP contribution in [-0.4, -0.2) is 18.6 Å². The summed E-state index contributed by atoms with van der Waals surface area (Å²) in [5.74, 6) is 0. The minimum absolute atomic E-state index is 0.312. The van der Waals surface area contributed by atoms with Gasteiger partial charge in [-0.3, -0.25) is 0 Å². The van der Waals surface area contributed by atoms with Crippen LogP contribution in [0.5, 0.6) is 0 Å².